The predicted octanol–water partition coefficient (Wildman–Crippen LogP) is 2.09. The Morgan fingerprint density at radius 3 is 2.28 bits per heavy atom. The maximum absolute atomic E-state index is 5.55. The fourth-order valence-corrected chi connectivity index (χ4v) is 3.51. The van der Waals surface area contributed by atoms with Crippen molar-refractivity contribution < 1.29 is 21.4 Å². The number of para-hydroxylation sites is 1. The van der Waals surface area contributed by atoms with Crippen LogP contribution in [-0.2, 0) is 6.54 Å². The summed E-state index contributed by atoms with van der Waals surface area (Å²) in [5.74, 6) is 0.917. The van der Waals surface area contributed by atoms with Crippen LogP contribution in [0.2, 0.25) is 0 Å². The maximum Gasteiger partial charge on any atom is 0.190 e. The summed E-state index contributed by atoms with van der Waals surface area (Å²) in [4.78, 5) is 5.76. The highest BCUT2D eigenvalue weighted by Crippen LogP contribution is 2.21. The molecule has 0 aliphatic carbocycles. The van der Waals surface area contributed by atoms with Crippen LogP contribution in [0.4, 0.5) is 5.69 Å². The van der Waals surface area contributed by atoms with E-state index in [0.29, 0.717) is 6.54 Å². The zero-order valence-electron chi connectivity index (χ0n) is 13.4. The van der Waals surface area contributed by atoms with Crippen LogP contribution in [0.1, 0.15) is 5.76 Å². The Kier molecular flexibility index (Phi) is 5.68. The molecule has 2 aromatic carbocycles. The molecule has 0 aliphatic heterocycles. The first-order valence-electron chi connectivity index (χ1n) is 7.76. The van der Waals surface area contributed by atoms with Gasteiger partial charge >= 0.3 is 0 Å². The minimum absolute atomic E-state index is 0. The van der Waals surface area contributed by atoms with Gasteiger partial charge in [-0.15, -0.1) is 11.3 Å². The Hall–Kier alpha value is -2.37. The summed E-state index contributed by atoms with van der Waals surface area (Å²) in [7, 11) is 0. The number of nitrogens with zero attached hydrogens (tertiary/aromatic N) is 2. The first kappa shape index (κ1) is 17.5. The third-order valence-electron chi connectivity index (χ3n) is 3.74. The molecule has 0 N–H and O–H groups in total. The molecule has 0 bridgehead atoms. The van der Waals surface area contributed by atoms with Crippen LogP contribution >= 0.6 is 11.3 Å². The van der Waals surface area contributed by atoms with Crippen molar-refractivity contribution in [3.8, 4) is 11.3 Å². The molecule has 0 saturated carbocycles. The lowest BCUT2D eigenvalue weighted by atomic mass is 10.2. The Bertz CT molecular complexity index is 973. The van der Waals surface area contributed by atoms with Crippen molar-refractivity contribution in [3.05, 3.63) is 95.0 Å². The lowest BCUT2D eigenvalue weighted by Gasteiger charge is -2.07. The van der Waals surface area contributed by atoms with Crippen molar-refractivity contribution >= 4 is 17.0 Å². The van der Waals surface area contributed by atoms with Crippen LogP contribution in [0.5, 0.6) is 0 Å². The van der Waals surface area contributed by atoms with E-state index in [1.165, 1.54) is 5.56 Å². The zero-order chi connectivity index (χ0) is 16.2. The molecule has 5 heteroatoms. The normalized spacial score (nSPS) is 11.3. The Labute approximate surface area is 160 Å². The smallest absolute Gasteiger partial charge is 0.190 e. The van der Waals surface area contributed by atoms with E-state index in [-0.39, 0.29) is 17.0 Å². The number of thiazole rings is 1. The summed E-state index contributed by atoms with van der Waals surface area (Å²) < 4.78 is 7.75. The van der Waals surface area contributed by atoms with Crippen molar-refractivity contribution in [1.82, 2.24) is 4.57 Å². The van der Waals surface area contributed by atoms with Gasteiger partial charge in [0.05, 0.1) is 24.2 Å². The van der Waals surface area contributed by atoms with Crippen LogP contribution < -0.4 is 21.8 Å². The van der Waals surface area contributed by atoms with E-state index >= 15 is 0 Å². The molecule has 0 fully saturated rings. The average Bonchev–Trinajstić information content (AvgIpc) is 3.28. The molecule has 126 valence electrons. The molecule has 0 aliphatic rings. The Morgan fingerprint density at radius 1 is 0.880 bits per heavy atom. The van der Waals surface area contributed by atoms with E-state index in [0.717, 1.165) is 21.9 Å². The molecule has 0 saturated heterocycles. The van der Waals surface area contributed by atoms with Gasteiger partial charge in [0.1, 0.15) is 5.76 Å². The van der Waals surface area contributed by atoms with Crippen molar-refractivity contribution in [2.75, 3.05) is 0 Å². The van der Waals surface area contributed by atoms with Gasteiger partial charge in [0.15, 0.2) is 4.80 Å². The SMILES string of the molecule is [Br-].c1ccc(N=c2scc(-c3ccccc3)n2Cc2ccco2)cc1. The van der Waals surface area contributed by atoms with Gasteiger partial charge in [0.25, 0.3) is 0 Å². The third kappa shape index (κ3) is 4.00. The van der Waals surface area contributed by atoms with Gasteiger partial charge in [-0.25, -0.2) is 4.99 Å². The fourth-order valence-electron chi connectivity index (χ4n) is 2.58. The molecule has 0 unspecified atom stereocenters. The van der Waals surface area contributed by atoms with Gasteiger partial charge in [-0.05, 0) is 29.8 Å². The molecular weight excluding hydrogens is 396 g/mol. The number of rotatable bonds is 4. The zero-order valence-corrected chi connectivity index (χ0v) is 15.8. The molecule has 0 radical (unpaired) electrons. The standard InChI is InChI=1S/C20H16N2OS.BrH/c1-3-8-16(9-4-1)19-15-24-20(21-17-10-5-2-6-11-17)22(19)14-18-12-7-13-23-18;/h1-13,15H,14H2;1H/p-1. The molecule has 4 rings (SSSR count). The van der Waals surface area contributed by atoms with Gasteiger partial charge < -0.3 is 26.0 Å². The number of furan rings is 1. The Morgan fingerprint density at radius 2 is 1.60 bits per heavy atom. The van der Waals surface area contributed by atoms with Crippen molar-refractivity contribution in [3.63, 3.8) is 0 Å². The monoisotopic (exact) mass is 411 g/mol. The van der Waals surface area contributed by atoms with Gasteiger partial charge in [0, 0.05) is 5.38 Å². The van der Waals surface area contributed by atoms with Crippen LogP contribution in [0.15, 0.2) is 93.8 Å². The van der Waals surface area contributed by atoms with E-state index in [4.69, 9.17) is 9.41 Å². The van der Waals surface area contributed by atoms with Crippen LogP contribution in [0.3, 0.4) is 0 Å². The quantitative estimate of drug-likeness (QED) is 0.505. The predicted molar refractivity (Wildman–Crippen MR) is 97.2 cm³/mol. The Balaban J connectivity index is 0.00000182. The summed E-state index contributed by atoms with van der Waals surface area (Å²) in [6, 6.07) is 24.3. The second-order valence-electron chi connectivity index (χ2n) is 5.38. The number of aromatic nitrogens is 1. The van der Waals surface area contributed by atoms with E-state index in [1.807, 2.05) is 48.5 Å². The van der Waals surface area contributed by atoms with Crippen molar-refractivity contribution in [2.24, 2.45) is 4.99 Å². The summed E-state index contributed by atoms with van der Waals surface area (Å²) in [5.41, 5.74) is 3.27. The van der Waals surface area contributed by atoms with Crippen LogP contribution in [0, 0.1) is 0 Å². The topological polar surface area (TPSA) is 30.4 Å². The van der Waals surface area contributed by atoms with Crippen LogP contribution in [0.25, 0.3) is 11.3 Å². The minimum Gasteiger partial charge on any atom is -1.00 e. The number of benzene rings is 2. The minimum atomic E-state index is 0. The van der Waals surface area contributed by atoms with E-state index in [2.05, 4.69) is 34.2 Å². The second kappa shape index (κ2) is 8.14. The summed E-state index contributed by atoms with van der Waals surface area (Å²) >= 11 is 1.64. The lowest BCUT2D eigenvalue weighted by Crippen LogP contribution is -3.00. The highest BCUT2D eigenvalue weighted by atomic mass is 79.9. The summed E-state index contributed by atoms with van der Waals surface area (Å²) in [6.45, 7) is 0.659. The summed E-state index contributed by atoms with van der Waals surface area (Å²) in [5, 5.41) is 2.15. The summed E-state index contributed by atoms with van der Waals surface area (Å²) in [6.07, 6.45) is 1.71. The van der Waals surface area contributed by atoms with Gasteiger partial charge in [-0.3, -0.25) is 0 Å². The van der Waals surface area contributed by atoms with E-state index < -0.39 is 0 Å². The highest BCUT2D eigenvalue weighted by Gasteiger charge is 2.09. The third-order valence-corrected chi connectivity index (χ3v) is 4.61. The molecule has 2 aromatic heterocycles. The van der Waals surface area contributed by atoms with Crippen molar-refractivity contribution in [1.29, 1.82) is 0 Å². The molecule has 0 atom stereocenters. The number of hydrogen-bond acceptors (Lipinski definition) is 3. The van der Waals surface area contributed by atoms with Crippen molar-refractivity contribution in [2.45, 2.75) is 6.54 Å². The highest BCUT2D eigenvalue weighted by molar-refractivity contribution is 7.07. The number of hydrogen-bond donors (Lipinski definition) is 0. The molecule has 2 heterocycles. The molecule has 0 spiro atoms. The molecule has 0 amide bonds. The maximum atomic E-state index is 5.55. The molecular formula is C20H16BrN2OS-. The second-order valence-corrected chi connectivity index (χ2v) is 6.22. The average molecular weight is 412 g/mol. The van der Waals surface area contributed by atoms with E-state index in [1.54, 1.807) is 17.6 Å². The first-order chi connectivity index (χ1) is 11.9. The molecule has 3 nitrogen and oxygen atoms in total. The van der Waals surface area contributed by atoms with Gasteiger partial charge in [-0.1, -0.05) is 48.5 Å². The van der Waals surface area contributed by atoms with Crippen LogP contribution in [-0.4, -0.2) is 4.57 Å². The number of halogens is 1. The molecule has 25 heavy (non-hydrogen) atoms. The van der Waals surface area contributed by atoms with Gasteiger partial charge in [-0.2, -0.15) is 0 Å². The molecule has 4 aromatic rings. The largest absolute Gasteiger partial charge is 1.00 e. The van der Waals surface area contributed by atoms with E-state index in [9.17, 15) is 0 Å². The fraction of sp³-hybridized carbons (Fsp3) is 0.0500. The first-order valence-corrected chi connectivity index (χ1v) is 8.64. The van der Waals surface area contributed by atoms with Gasteiger partial charge in [0.2, 0.25) is 0 Å². The lowest BCUT2D eigenvalue weighted by molar-refractivity contribution is -0.00000520.